The summed E-state index contributed by atoms with van der Waals surface area (Å²) in [7, 11) is 1.83. The van der Waals surface area contributed by atoms with Gasteiger partial charge in [-0.3, -0.25) is 9.48 Å². The second kappa shape index (κ2) is 5.32. The lowest BCUT2D eigenvalue weighted by molar-refractivity contribution is -0.119. The van der Waals surface area contributed by atoms with E-state index in [0.29, 0.717) is 0 Å². The maximum Gasteiger partial charge on any atom is 0.229 e. The Hall–Kier alpha value is -1.07. The van der Waals surface area contributed by atoms with Crippen LogP contribution >= 0.6 is 12.4 Å². The number of hydrogen-bond donors (Lipinski definition) is 2. The molecule has 0 bridgehead atoms. The van der Waals surface area contributed by atoms with Crippen LogP contribution in [0.1, 0.15) is 12.1 Å². The first-order valence-electron chi connectivity index (χ1n) is 5.19. The molecule has 1 aromatic heterocycles. The van der Waals surface area contributed by atoms with E-state index in [0.717, 1.165) is 31.0 Å². The number of aromatic nitrogens is 2. The molecular weight excluding hydrogens is 228 g/mol. The van der Waals surface area contributed by atoms with Crippen LogP contribution in [0.15, 0.2) is 6.07 Å². The van der Waals surface area contributed by atoms with E-state index in [1.54, 1.807) is 4.68 Å². The van der Waals surface area contributed by atoms with Crippen LogP contribution in [-0.2, 0) is 11.8 Å². The van der Waals surface area contributed by atoms with E-state index in [-0.39, 0.29) is 24.2 Å². The van der Waals surface area contributed by atoms with E-state index < -0.39 is 0 Å². The van der Waals surface area contributed by atoms with Crippen LogP contribution in [0.4, 0.5) is 5.82 Å². The van der Waals surface area contributed by atoms with E-state index >= 15 is 0 Å². The number of nitrogens with zero attached hydrogens (tertiary/aromatic N) is 2. The van der Waals surface area contributed by atoms with Gasteiger partial charge in [-0.1, -0.05) is 0 Å². The third kappa shape index (κ3) is 2.74. The third-order valence-corrected chi connectivity index (χ3v) is 2.68. The number of aryl methyl sites for hydroxylation is 2. The predicted octanol–water partition coefficient (Wildman–Crippen LogP) is 0.698. The smallest absolute Gasteiger partial charge is 0.229 e. The van der Waals surface area contributed by atoms with Gasteiger partial charge in [0.25, 0.3) is 0 Å². The maximum absolute atomic E-state index is 11.8. The summed E-state index contributed by atoms with van der Waals surface area (Å²) < 4.78 is 1.69. The molecule has 2 heterocycles. The molecule has 2 N–H and O–H groups in total. The number of nitrogens with one attached hydrogen (secondary N) is 2. The van der Waals surface area contributed by atoms with Gasteiger partial charge in [0.2, 0.25) is 5.91 Å². The largest absolute Gasteiger partial charge is 0.316 e. The van der Waals surface area contributed by atoms with Crippen LogP contribution < -0.4 is 10.6 Å². The van der Waals surface area contributed by atoms with Crippen LogP contribution in [0.2, 0.25) is 0 Å². The normalized spacial score (nSPS) is 19.2. The van der Waals surface area contributed by atoms with Gasteiger partial charge in [-0.15, -0.1) is 12.4 Å². The van der Waals surface area contributed by atoms with E-state index in [4.69, 9.17) is 0 Å². The van der Waals surface area contributed by atoms with Crippen molar-refractivity contribution in [1.29, 1.82) is 0 Å². The molecule has 16 heavy (non-hydrogen) atoms. The fraction of sp³-hybridized carbons (Fsp3) is 0.600. The summed E-state index contributed by atoms with van der Waals surface area (Å²) in [5, 5.41) is 10.2. The van der Waals surface area contributed by atoms with Crippen molar-refractivity contribution >= 4 is 24.1 Å². The number of rotatable bonds is 2. The molecule has 0 saturated carbocycles. The Morgan fingerprint density at radius 2 is 2.44 bits per heavy atom. The maximum atomic E-state index is 11.8. The van der Waals surface area contributed by atoms with Crippen molar-refractivity contribution < 1.29 is 4.79 Å². The van der Waals surface area contributed by atoms with Crippen molar-refractivity contribution in [2.75, 3.05) is 18.4 Å². The molecule has 1 fully saturated rings. The quantitative estimate of drug-likeness (QED) is 0.805. The van der Waals surface area contributed by atoms with Gasteiger partial charge in [0.15, 0.2) is 0 Å². The average molecular weight is 245 g/mol. The molecule has 0 unspecified atom stereocenters. The number of carbonyl (C=O) groups is 1. The molecule has 1 aliphatic rings. The summed E-state index contributed by atoms with van der Waals surface area (Å²) in [5.74, 6) is 0.951. The summed E-state index contributed by atoms with van der Waals surface area (Å²) in [5.41, 5.74) is 0.914. The minimum Gasteiger partial charge on any atom is -0.316 e. The fourth-order valence-electron chi connectivity index (χ4n) is 1.83. The number of hydrogen-bond acceptors (Lipinski definition) is 3. The van der Waals surface area contributed by atoms with Crippen molar-refractivity contribution in [2.24, 2.45) is 13.0 Å². The van der Waals surface area contributed by atoms with Gasteiger partial charge in [-0.2, -0.15) is 5.10 Å². The topological polar surface area (TPSA) is 59.0 Å². The number of halogens is 1. The van der Waals surface area contributed by atoms with E-state index in [2.05, 4.69) is 15.7 Å². The molecule has 0 spiro atoms. The molecular formula is C10H17ClN4O. The van der Waals surface area contributed by atoms with Gasteiger partial charge in [-0.05, 0) is 19.9 Å². The lowest BCUT2D eigenvalue weighted by atomic mass is 10.1. The van der Waals surface area contributed by atoms with Crippen molar-refractivity contribution in [2.45, 2.75) is 13.3 Å². The first kappa shape index (κ1) is 13.0. The Morgan fingerprint density at radius 1 is 1.69 bits per heavy atom. The van der Waals surface area contributed by atoms with Crippen molar-refractivity contribution in [3.05, 3.63) is 11.8 Å². The zero-order chi connectivity index (χ0) is 10.8. The van der Waals surface area contributed by atoms with Gasteiger partial charge >= 0.3 is 0 Å². The number of carbonyl (C=O) groups excluding carboxylic acids is 1. The average Bonchev–Trinajstić information content (AvgIpc) is 2.76. The Morgan fingerprint density at radius 3 is 2.94 bits per heavy atom. The van der Waals surface area contributed by atoms with Crippen LogP contribution in [0, 0.1) is 12.8 Å². The van der Waals surface area contributed by atoms with Gasteiger partial charge in [0.1, 0.15) is 5.82 Å². The fourth-order valence-corrected chi connectivity index (χ4v) is 1.83. The van der Waals surface area contributed by atoms with Crippen LogP contribution in [0.5, 0.6) is 0 Å². The lowest BCUT2D eigenvalue weighted by Gasteiger charge is -2.09. The van der Waals surface area contributed by atoms with Gasteiger partial charge in [0, 0.05) is 19.7 Å². The van der Waals surface area contributed by atoms with Crippen molar-refractivity contribution in [3.63, 3.8) is 0 Å². The minimum atomic E-state index is 0. The summed E-state index contributed by atoms with van der Waals surface area (Å²) in [6.07, 6.45) is 0.919. The summed E-state index contributed by atoms with van der Waals surface area (Å²) in [6.45, 7) is 3.62. The number of anilines is 1. The predicted molar refractivity (Wildman–Crippen MR) is 64.8 cm³/mol. The summed E-state index contributed by atoms with van der Waals surface area (Å²) >= 11 is 0. The van der Waals surface area contributed by atoms with Crippen LogP contribution in [0.25, 0.3) is 0 Å². The second-order valence-electron chi connectivity index (χ2n) is 3.97. The zero-order valence-electron chi connectivity index (χ0n) is 9.49. The van der Waals surface area contributed by atoms with Crippen LogP contribution in [-0.4, -0.2) is 28.8 Å². The first-order chi connectivity index (χ1) is 7.16. The highest BCUT2D eigenvalue weighted by molar-refractivity contribution is 5.92. The van der Waals surface area contributed by atoms with Gasteiger partial charge < -0.3 is 10.6 Å². The minimum absolute atomic E-state index is 0. The van der Waals surface area contributed by atoms with Gasteiger partial charge in [-0.25, -0.2) is 0 Å². The van der Waals surface area contributed by atoms with Crippen molar-refractivity contribution in [1.82, 2.24) is 15.1 Å². The molecule has 1 atom stereocenters. The van der Waals surface area contributed by atoms with Gasteiger partial charge in [0.05, 0.1) is 11.6 Å². The molecule has 1 aliphatic heterocycles. The molecule has 0 aliphatic carbocycles. The Labute approximate surface area is 101 Å². The van der Waals surface area contributed by atoms with E-state index in [1.807, 2.05) is 20.0 Å². The third-order valence-electron chi connectivity index (χ3n) is 2.68. The Balaban J connectivity index is 0.00000128. The molecule has 5 nitrogen and oxygen atoms in total. The zero-order valence-corrected chi connectivity index (χ0v) is 10.3. The Bertz CT molecular complexity index is 371. The first-order valence-corrected chi connectivity index (χ1v) is 5.19. The summed E-state index contributed by atoms with van der Waals surface area (Å²) in [6, 6.07) is 1.88. The highest BCUT2D eigenvalue weighted by atomic mass is 35.5. The van der Waals surface area contributed by atoms with Crippen LogP contribution in [0.3, 0.4) is 0 Å². The summed E-state index contributed by atoms with van der Waals surface area (Å²) in [4.78, 5) is 11.8. The standard InChI is InChI=1S/C10H16N4O.ClH/c1-7-5-9(14(2)13-7)12-10(15)8-3-4-11-6-8;/h5,8,11H,3-4,6H2,1-2H3,(H,12,15);1H/t8-;/m0./s1. The Kier molecular flexibility index (Phi) is 4.32. The highest BCUT2D eigenvalue weighted by Gasteiger charge is 2.22. The lowest BCUT2D eigenvalue weighted by Crippen LogP contribution is -2.25. The number of amides is 1. The molecule has 0 radical (unpaired) electrons. The molecule has 1 aromatic rings. The molecule has 90 valence electrons. The van der Waals surface area contributed by atoms with Crippen molar-refractivity contribution in [3.8, 4) is 0 Å². The highest BCUT2D eigenvalue weighted by Crippen LogP contribution is 2.13. The SMILES string of the molecule is Cc1cc(NC(=O)[C@H]2CCNC2)n(C)n1.Cl. The second-order valence-corrected chi connectivity index (χ2v) is 3.97. The van der Waals surface area contributed by atoms with E-state index in [1.165, 1.54) is 0 Å². The van der Waals surface area contributed by atoms with E-state index in [9.17, 15) is 4.79 Å². The molecule has 1 amide bonds. The molecule has 6 heteroatoms. The molecule has 0 aromatic carbocycles. The molecule has 2 rings (SSSR count). The monoisotopic (exact) mass is 244 g/mol. The molecule has 1 saturated heterocycles.